The molecule has 2 aromatic carbocycles. The summed E-state index contributed by atoms with van der Waals surface area (Å²) >= 11 is 0. The van der Waals surface area contributed by atoms with Gasteiger partial charge in [-0.3, -0.25) is 4.40 Å². The second-order valence-corrected chi connectivity index (χ2v) is 6.57. The maximum absolute atomic E-state index is 9.99. The van der Waals surface area contributed by atoms with Gasteiger partial charge in [0.25, 0.3) is 0 Å². The summed E-state index contributed by atoms with van der Waals surface area (Å²) in [5, 5.41) is 11.8. The lowest BCUT2D eigenvalue weighted by Crippen LogP contribution is -2.03. The van der Waals surface area contributed by atoms with Crippen molar-refractivity contribution in [1.82, 2.24) is 9.38 Å². The average Bonchev–Trinajstić information content (AvgIpc) is 3.09. The molecule has 2 heterocycles. The molecule has 2 aromatic heterocycles. The molecular formula is C22H21N3O2. The van der Waals surface area contributed by atoms with Gasteiger partial charge in [-0.25, -0.2) is 4.98 Å². The first-order valence-electron chi connectivity index (χ1n) is 9.10. The maximum Gasteiger partial charge on any atom is 0.146 e. The molecule has 0 aliphatic heterocycles. The van der Waals surface area contributed by atoms with E-state index in [1.54, 1.807) is 14.2 Å². The number of benzene rings is 2. The van der Waals surface area contributed by atoms with Crippen LogP contribution in [0.3, 0.4) is 0 Å². The summed E-state index contributed by atoms with van der Waals surface area (Å²) in [6.07, 6.45) is 2.89. The Hall–Kier alpha value is -3.26. The molecule has 0 saturated heterocycles. The number of pyridine rings is 1. The van der Waals surface area contributed by atoms with E-state index in [0.29, 0.717) is 5.56 Å². The molecule has 0 unspecified atom stereocenters. The fourth-order valence-corrected chi connectivity index (χ4v) is 3.67. The predicted molar refractivity (Wildman–Crippen MR) is 107 cm³/mol. The van der Waals surface area contributed by atoms with E-state index in [4.69, 9.17) is 14.5 Å². The van der Waals surface area contributed by atoms with Crippen LogP contribution >= 0.6 is 0 Å². The highest BCUT2D eigenvalue weighted by molar-refractivity contribution is 6.02. The Bertz CT molecular complexity index is 1200. The van der Waals surface area contributed by atoms with E-state index in [1.807, 2.05) is 36.4 Å². The molecule has 0 aliphatic carbocycles. The van der Waals surface area contributed by atoms with Gasteiger partial charge in [-0.05, 0) is 43.2 Å². The number of rotatable bonds is 5. The van der Waals surface area contributed by atoms with E-state index in [0.717, 1.165) is 63.9 Å². The Labute approximate surface area is 157 Å². The molecule has 4 aromatic rings. The third-order valence-electron chi connectivity index (χ3n) is 5.04. The molecule has 5 nitrogen and oxygen atoms in total. The fraction of sp³-hybridized carbons (Fsp3) is 0.273. The van der Waals surface area contributed by atoms with Gasteiger partial charge in [-0.1, -0.05) is 13.3 Å². The van der Waals surface area contributed by atoms with Gasteiger partial charge in [-0.15, -0.1) is 0 Å². The molecule has 0 amide bonds. The first kappa shape index (κ1) is 17.2. The van der Waals surface area contributed by atoms with Crippen LogP contribution < -0.4 is 9.47 Å². The lowest BCUT2D eigenvalue weighted by Gasteiger charge is -2.13. The van der Waals surface area contributed by atoms with Crippen LogP contribution in [-0.4, -0.2) is 23.6 Å². The van der Waals surface area contributed by atoms with E-state index in [1.165, 1.54) is 0 Å². The van der Waals surface area contributed by atoms with Crippen LogP contribution in [0.1, 0.15) is 31.0 Å². The summed E-state index contributed by atoms with van der Waals surface area (Å²) in [5.74, 6) is 1.51. The van der Waals surface area contributed by atoms with Gasteiger partial charge in [0.1, 0.15) is 23.2 Å². The van der Waals surface area contributed by atoms with Crippen LogP contribution in [0.25, 0.3) is 27.5 Å². The lowest BCUT2D eigenvalue weighted by atomic mass is 10.0. The van der Waals surface area contributed by atoms with Crippen LogP contribution in [0, 0.1) is 11.3 Å². The van der Waals surface area contributed by atoms with Crippen LogP contribution in [-0.2, 0) is 6.42 Å². The summed E-state index contributed by atoms with van der Waals surface area (Å²) in [5.41, 5.74) is 4.41. The highest BCUT2D eigenvalue weighted by atomic mass is 16.5. The zero-order valence-corrected chi connectivity index (χ0v) is 15.7. The molecule has 0 saturated carbocycles. The van der Waals surface area contributed by atoms with Crippen molar-refractivity contribution in [2.75, 3.05) is 14.2 Å². The minimum absolute atomic E-state index is 0.694. The zero-order valence-electron chi connectivity index (χ0n) is 15.7. The molecule has 0 spiro atoms. The van der Waals surface area contributed by atoms with Crippen molar-refractivity contribution in [2.45, 2.75) is 26.2 Å². The third-order valence-corrected chi connectivity index (χ3v) is 5.04. The summed E-state index contributed by atoms with van der Waals surface area (Å²) in [7, 11) is 3.29. The Morgan fingerprint density at radius 2 is 1.78 bits per heavy atom. The first-order chi connectivity index (χ1) is 13.2. The highest BCUT2D eigenvalue weighted by Crippen LogP contribution is 2.34. The van der Waals surface area contributed by atoms with Crippen molar-refractivity contribution in [2.24, 2.45) is 0 Å². The van der Waals surface area contributed by atoms with Gasteiger partial charge < -0.3 is 9.47 Å². The monoisotopic (exact) mass is 359 g/mol. The number of hydrogen-bond acceptors (Lipinski definition) is 4. The number of methoxy groups -OCH3 is 2. The van der Waals surface area contributed by atoms with Gasteiger partial charge in [0.15, 0.2) is 0 Å². The normalized spacial score (nSPS) is 11.2. The Morgan fingerprint density at radius 3 is 2.48 bits per heavy atom. The van der Waals surface area contributed by atoms with E-state index in [-0.39, 0.29) is 0 Å². The van der Waals surface area contributed by atoms with E-state index < -0.39 is 0 Å². The molecule has 0 radical (unpaired) electrons. The Kier molecular flexibility index (Phi) is 4.33. The molecule has 4 rings (SSSR count). The molecule has 0 fully saturated rings. The SMILES string of the molecule is CCCCc1c(C#N)c2cc(OC)ccc2c2nc3cc(OC)ccc3n12. The summed E-state index contributed by atoms with van der Waals surface area (Å²) in [4.78, 5) is 4.88. The molecule has 0 aliphatic rings. The second kappa shape index (κ2) is 6.81. The second-order valence-electron chi connectivity index (χ2n) is 6.57. The molecule has 0 atom stereocenters. The van der Waals surface area contributed by atoms with Gasteiger partial charge in [-0.2, -0.15) is 5.26 Å². The van der Waals surface area contributed by atoms with Crippen LogP contribution in [0.2, 0.25) is 0 Å². The van der Waals surface area contributed by atoms with Crippen molar-refractivity contribution in [3.63, 3.8) is 0 Å². The number of imidazole rings is 1. The molecule has 0 bridgehead atoms. The topological polar surface area (TPSA) is 59.5 Å². The minimum atomic E-state index is 0.694. The van der Waals surface area contributed by atoms with Crippen LogP contribution in [0.15, 0.2) is 36.4 Å². The van der Waals surface area contributed by atoms with Gasteiger partial charge in [0.2, 0.25) is 0 Å². The van der Waals surface area contributed by atoms with Gasteiger partial charge in [0.05, 0.1) is 30.8 Å². The van der Waals surface area contributed by atoms with Crippen LogP contribution in [0.5, 0.6) is 11.5 Å². The molecular weight excluding hydrogens is 338 g/mol. The molecule has 5 heteroatoms. The standard InChI is InChI=1S/C22H21N3O2/c1-4-5-6-20-18(13-23)17-11-14(26-2)7-9-16(17)22-24-19-12-15(27-3)8-10-21(19)25(20)22/h7-12H,4-6H2,1-3H3. The molecule has 0 N–H and O–H groups in total. The first-order valence-corrected chi connectivity index (χ1v) is 9.10. The predicted octanol–water partition coefficient (Wildman–Crippen LogP) is 4.87. The quantitative estimate of drug-likeness (QED) is 0.510. The molecule has 27 heavy (non-hydrogen) atoms. The van der Waals surface area contributed by atoms with E-state index in [2.05, 4.69) is 17.4 Å². The van der Waals surface area contributed by atoms with Gasteiger partial charge >= 0.3 is 0 Å². The van der Waals surface area contributed by atoms with Crippen molar-refractivity contribution < 1.29 is 9.47 Å². The molecule has 136 valence electrons. The smallest absolute Gasteiger partial charge is 0.146 e. The van der Waals surface area contributed by atoms with Gasteiger partial charge in [0, 0.05) is 22.5 Å². The van der Waals surface area contributed by atoms with Crippen molar-refractivity contribution in [3.8, 4) is 17.6 Å². The number of ether oxygens (including phenoxy) is 2. The number of aromatic nitrogens is 2. The Morgan fingerprint density at radius 1 is 1.04 bits per heavy atom. The van der Waals surface area contributed by atoms with Crippen molar-refractivity contribution >= 4 is 27.5 Å². The summed E-state index contributed by atoms with van der Waals surface area (Å²) in [6.45, 7) is 2.16. The van der Waals surface area contributed by atoms with Crippen molar-refractivity contribution in [3.05, 3.63) is 47.7 Å². The lowest BCUT2D eigenvalue weighted by molar-refractivity contribution is 0.415. The van der Waals surface area contributed by atoms with Crippen molar-refractivity contribution in [1.29, 1.82) is 5.26 Å². The maximum atomic E-state index is 9.99. The Balaban J connectivity index is 2.19. The number of fused-ring (bicyclic) bond motifs is 5. The largest absolute Gasteiger partial charge is 0.497 e. The number of unbranched alkanes of at least 4 members (excludes halogenated alkanes) is 1. The van der Waals surface area contributed by atoms with E-state index >= 15 is 0 Å². The highest BCUT2D eigenvalue weighted by Gasteiger charge is 2.19. The number of aryl methyl sites for hydroxylation is 1. The third kappa shape index (κ3) is 2.65. The summed E-state index contributed by atoms with van der Waals surface area (Å²) in [6, 6.07) is 14.2. The number of nitrogens with zero attached hydrogens (tertiary/aromatic N) is 3. The fourth-order valence-electron chi connectivity index (χ4n) is 3.67. The average molecular weight is 359 g/mol. The zero-order chi connectivity index (χ0) is 19.0. The summed E-state index contributed by atoms with van der Waals surface area (Å²) < 4.78 is 12.9. The van der Waals surface area contributed by atoms with Crippen LogP contribution in [0.4, 0.5) is 0 Å². The van der Waals surface area contributed by atoms with E-state index in [9.17, 15) is 5.26 Å². The minimum Gasteiger partial charge on any atom is -0.497 e. The number of nitriles is 1. The number of hydrogen-bond donors (Lipinski definition) is 0.